The lowest BCUT2D eigenvalue weighted by Crippen LogP contribution is -2.01. The molecule has 0 spiro atoms. The van der Waals surface area contributed by atoms with Crippen molar-refractivity contribution in [3.63, 3.8) is 0 Å². The maximum atomic E-state index is 12.1. The third-order valence-corrected chi connectivity index (χ3v) is 3.96. The Bertz CT molecular complexity index is 532. The summed E-state index contributed by atoms with van der Waals surface area (Å²) in [6.07, 6.45) is 0. The fourth-order valence-corrected chi connectivity index (χ4v) is 3.04. The molecule has 2 nitrogen and oxygen atoms in total. The van der Waals surface area contributed by atoms with Gasteiger partial charge >= 0.3 is 0 Å². The average molecular weight is 317 g/mol. The Morgan fingerprint density at radius 2 is 2.06 bits per heavy atom. The molecule has 0 bridgehead atoms. The molecule has 1 aromatic carbocycles. The van der Waals surface area contributed by atoms with Crippen LogP contribution in [-0.4, -0.2) is 5.78 Å². The van der Waals surface area contributed by atoms with Crippen LogP contribution in [-0.2, 0) is 0 Å². The number of hydrogen-bond donors (Lipinski definition) is 1. The average Bonchev–Trinajstić information content (AvgIpc) is 2.62. The summed E-state index contributed by atoms with van der Waals surface area (Å²) in [6.45, 7) is 0. The van der Waals surface area contributed by atoms with Crippen LogP contribution in [0.25, 0.3) is 0 Å². The van der Waals surface area contributed by atoms with Crippen LogP contribution in [0, 0.1) is 0 Å². The van der Waals surface area contributed by atoms with Crippen molar-refractivity contribution in [2.24, 2.45) is 0 Å². The molecule has 0 atom stereocenters. The van der Waals surface area contributed by atoms with Gasteiger partial charge in [0.25, 0.3) is 0 Å². The van der Waals surface area contributed by atoms with Gasteiger partial charge in [0.2, 0.25) is 0 Å². The highest BCUT2D eigenvalue weighted by molar-refractivity contribution is 9.10. The van der Waals surface area contributed by atoms with E-state index in [1.54, 1.807) is 23.6 Å². The number of ketones is 1. The number of carbonyl (C=O) groups is 1. The van der Waals surface area contributed by atoms with Gasteiger partial charge in [-0.3, -0.25) is 4.79 Å². The van der Waals surface area contributed by atoms with Crippen molar-refractivity contribution < 1.29 is 4.79 Å². The van der Waals surface area contributed by atoms with Crippen molar-refractivity contribution in [3.05, 3.63) is 49.6 Å². The first kappa shape index (κ1) is 11.6. The van der Waals surface area contributed by atoms with E-state index in [9.17, 15) is 4.79 Å². The normalized spacial score (nSPS) is 10.4. The molecule has 2 N–H and O–H groups in total. The first-order valence-corrected chi connectivity index (χ1v) is 6.52. The highest BCUT2D eigenvalue weighted by Gasteiger charge is 2.14. The first-order valence-electron chi connectivity index (χ1n) is 4.40. The molecular formula is C11H7BrClNOS. The predicted octanol–water partition coefficient (Wildman–Crippen LogP) is 3.98. The van der Waals surface area contributed by atoms with Crippen LogP contribution in [0.5, 0.6) is 0 Å². The summed E-state index contributed by atoms with van der Waals surface area (Å²) in [7, 11) is 0. The number of nitrogen functional groups attached to an aromatic ring is 1. The third kappa shape index (κ3) is 2.29. The quantitative estimate of drug-likeness (QED) is 0.673. The van der Waals surface area contributed by atoms with E-state index in [4.69, 9.17) is 17.3 Å². The van der Waals surface area contributed by atoms with Crippen molar-refractivity contribution >= 4 is 50.3 Å². The maximum absolute atomic E-state index is 12.1. The minimum atomic E-state index is -0.0812. The number of thiophene rings is 1. The van der Waals surface area contributed by atoms with Crippen LogP contribution in [0.4, 0.5) is 5.69 Å². The van der Waals surface area contributed by atoms with Crippen LogP contribution in [0.15, 0.2) is 33.4 Å². The summed E-state index contributed by atoms with van der Waals surface area (Å²) in [6, 6.07) is 4.85. The van der Waals surface area contributed by atoms with Gasteiger partial charge in [-0.1, -0.05) is 11.6 Å². The highest BCUT2D eigenvalue weighted by atomic mass is 79.9. The zero-order chi connectivity index (χ0) is 11.7. The fourth-order valence-electron chi connectivity index (χ4n) is 1.34. The minimum Gasteiger partial charge on any atom is -0.399 e. The molecule has 2 aromatic rings. The summed E-state index contributed by atoms with van der Waals surface area (Å²) in [5.74, 6) is -0.0812. The van der Waals surface area contributed by atoms with Crippen molar-refractivity contribution in [1.82, 2.24) is 0 Å². The molecule has 0 aliphatic carbocycles. The summed E-state index contributed by atoms with van der Waals surface area (Å²) < 4.78 is 0.793. The second-order valence-corrected chi connectivity index (χ2v) is 5.27. The lowest BCUT2D eigenvalue weighted by atomic mass is 10.1. The number of rotatable bonds is 2. The Labute approximate surface area is 110 Å². The van der Waals surface area contributed by atoms with Gasteiger partial charge in [-0.25, -0.2) is 0 Å². The number of halogens is 2. The summed E-state index contributed by atoms with van der Waals surface area (Å²) in [5.41, 5.74) is 7.27. The molecule has 0 unspecified atom stereocenters. The van der Waals surface area contributed by atoms with E-state index in [-0.39, 0.29) is 5.78 Å². The van der Waals surface area contributed by atoms with E-state index in [1.807, 2.05) is 5.38 Å². The Hall–Kier alpha value is -0.840. The summed E-state index contributed by atoms with van der Waals surface area (Å²) >= 11 is 10.6. The maximum Gasteiger partial charge on any atom is 0.195 e. The molecule has 0 radical (unpaired) electrons. The Morgan fingerprint density at radius 1 is 1.31 bits per heavy atom. The second kappa shape index (κ2) is 4.57. The van der Waals surface area contributed by atoms with Crippen LogP contribution < -0.4 is 5.73 Å². The highest BCUT2D eigenvalue weighted by Crippen LogP contribution is 2.26. The van der Waals surface area contributed by atoms with Crippen LogP contribution in [0.1, 0.15) is 15.9 Å². The molecule has 1 aromatic heterocycles. The lowest BCUT2D eigenvalue weighted by molar-refractivity contribution is 0.103. The molecule has 1 heterocycles. The molecule has 0 saturated carbocycles. The smallest absolute Gasteiger partial charge is 0.195 e. The van der Waals surface area contributed by atoms with E-state index in [1.165, 1.54) is 11.3 Å². The van der Waals surface area contributed by atoms with Crippen molar-refractivity contribution in [3.8, 4) is 0 Å². The molecule has 0 fully saturated rings. The summed E-state index contributed by atoms with van der Waals surface area (Å²) in [4.78, 5) is 12.1. The Morgan fingerprint density at radius 3 is 2.62 bits per heavy atom. The van der Waals surface area contributed by atoms with E-state index in [2.05, 4.69) is 15.9 Å². The molecule has 2 rings (SSSR count). The van der Waals surface area contributed by atoms with Gasteiger partial charge in [-0.05, 0) is 34.1 Å². The van der Waals surface area contributed by atoms with Gasteiger partial charge in [0.05, 0.1) is 0 Å². The van der Waals surface area contributed by atoms with Gasteiger partial charge in [0, 0.05) is 37.1 Å². The molecule has 0 aliphatic rings. The first-order chi connectivity index (χ1) is 7.58. The topological polar surface area (TPSA) is 43.1 Å². The minimum absolute atomic E-state index is 0.0812. The van der Waals surface area contributed by atoms with Crippen LogP contribution in [0.2, 0.25) is 5.02 Å². The number of anilines is 1. The number of hydrogen-bond acceptors (Lipinski definition) is 3. The van der Waals surface area contributed by atoms with Gasteiger partial charge < -0.3 is 5.73 Å². The fraction of sp³-hybridized carbons (Fsp3) is 0. The largest absolute Gasteiger partial charge is 0.399 e. The Kier molecular flexibility index (Phi) is 3.33. The predicted molar refractivity (Wildman–Crippen MR) is 71.3 cm³/mol. The monoisotopic (exact) mass is 315 g/mol. The van der Waals surface area contributed by atoms with E-state index in [0.717, 1.165) is 4.47 Å². The molecule has 0 saturated heterocycles. The van der Waals surface area contributed by atoms with Crippen molar-refractivity contribution in [1.29, 1.82) is 0 Å². The zero-order valence-electron chi connectivity index (χ0n) is 8.04. The Balaban J connectivity index is 2.45. The number of benzene rings is 1. The molecule has 0 aliphatic heterocycles. The van der Waals surface area contributed by atoms with E-state index < -0.39 is 0 Å². The molecular weight excluding hydrogens is 310 g/mol. The van der Waals surface area contributed by atoms with Crippen LogP contribution in [0.3, 0.4) is 0 Å². The molecule has 82 valence electrons. The van der Waals surface area contributed by atoms with Crippen LogP contribution >= 0.6 is 38.9 Å². The molecule has 5 heteroatoms. The number of nitrogens with two attached hydrogens (primary N) is 1. The standard InChI is InChI=1S/C11H7BrClNOS/c12-10-5-16-4-9(10)11(15)6-1-7(13)3-8(14)2-6/h1-5H,14H2. The van der Waals surface area contributed by atoms with Crippen molar-refractivity contribution in [2.75, 3.05) is 5.73 Å². The van der Waals surface area contributed by atoms with Crippen molar-refractivity contribution in [2.45, 2.75) is 0 Å². The van der Waals surface area contributed by atoms with E-state index >= 15 is 0 Å². The number of carbonyl (C=O) groups excluding carboxylic acids is 1. The summed E-state index contributed by atoms with van der Waals surface area (Å²) in [5, 5.41) is 4.12. The van der Waals surface area contributed by atoms with Gasteiger partial charge in [-0.2, -0.15) is 11.3 Å². The second-order valence-electron chi connectivity index (χ2n) is 3.24. The third-order valence-electron chi connectivity index (χ3n) is 2.04. The van der Waals surface area contributed by atoms with Gasteiger partial charge in [0.15, 0.2) is 5.78 Å². The SMILES string of the molecule is Nc1cc(Cl)cc(C(=O)c2cscc2Br)c1. The lowest BCUT2D eigenvalue weighted by Gasteiger charge is -2.02. The molecule has 0 amide bonds. The molecule has 16 heavy (non-hydrogen) atoms. The van der Waals surface area contributed by atoms with E-state index in [0.29, 0.717) is 21.8 Å². The van der Waals surface area contributed by atoms with Gasteiger partial charge in [-0.15, -0.1) is 0 Å². The van der Waals surface area contributed by atoms with Gasteiger partial charge in [0.1, 0.15) is 0 Å². The zero-order valence-corrected chi connectivity index (χ0v) is 11.2.